The highest BCUT2D eigenvalue weighted by Crippen LogP contribution is 2.27. The smallest absolute Gasteiger partial charge is 0.270 e. The van der Waals surface area contributed by atoms with Crippen LogP contribution in [0.15, 0.2) is 22.7 Å². The van der Waals surface area contributed by atoms with Gasteiger partial charge in [0.15, 0.2) is 0 Å². The molecule has 16 heavy (non-hydrogen) atoms. The van der Waals surface area contributed by atoms with Crippen molar-refractivity contribution in [3.8, 4) is 0 Å². The number of alkyl halides is 1. The number of nitrogens with zero attached hydrogens (tertiary/aromatic N) is 1. The minimum absolute atomic E-state index is 0.0520. The second-order valence-electron chi connectivity index (χ2n) is 3.03. The van der Waals surface area contributed by atoms with Crippen molar-refractivity contribution < 1.29 is 9.72 Å². The molecule has 1 unspecified atom stereocenters. The van der Waals surface area contributed by atoms with Gasteiger partial charge in [0.25, 0.3) is 5.69 Å². The summed E-state index contributed by atoms with van der Waals surface area (Å²) >= 11 is 8.71. The number of benzene rings is 1. The Balaban J connectivity index is 2.91. The molecule has 1 atom stereocenters. The van der Waals surface area contributed by atoms with Crippen LogP contribution in [-0.4, -0.2) is 16.2 Å². The molecule has 0 fully saturated rings. The zero-order chi connectivity index (χ0) is 12.3. The summed E-state index contributed by atoms with van der Waals surface area (Å²) in [5.41, 5.74) is 0.395. The highest BCUT2D eigenvalue weighted by Gasteiger charge is 2.13. The van der Waals surface area contributed by atoms with Gasteiger partial charge in [0, 0.05) is 16.6 Å². The van der Waals surface area contributed by atoms with E-state index in [4.69, 9.17) is 11.6 Å². The summed E-state index contributed by atoms with van der Waals surface area (Å²) in [5, 5.41) is 12.3. The summed E-state index contributed by atoms with van der Waals surface area (Å²) in [5.74, 6) is -0.365. The van der Waals surface area contributed by atoms with Crippen LogP contribution in [0.1, 0.15) is 6.92 Å². The first kappa shape index (κ1) is 12.9. The average Bonchev–Trinajstić information content (AvgIpc) is 2.20. The summed E-state index contributed by atoms with van der Waals surface area (Å²) in [6.45, 7) is 1.54. The quantitative estimate of drug-likeness (QED) is 0.530. The molecule has 0 radical (unpaired) electrons. The van der Waals surface area contributed by atoms with Gasteiger partial charge in [-0.1, -0.05) is 0 Å². The third-order valence-corrected chi connectivity index (χ3v) is 2.64. The van der Waals surface area contributed by atoms with E-state index >= 15 is 0 Å². The van der Waals surface area contributed by atoms with Crippen LogP contribution in [-0.2, 0) is 4.79 Å². The van der Waals surface area contributed by atoms with Crippen molar-refractivity contribution in [2.75, 3.05) is 5.32 Å². The fraction of sp³-hybridized carbons (Fsp3) is 0.222. The molecule has 0 saturated heterocycles. The first-order chi connectivity index (χ1) is 7.41. The second-order valence-corrected chi connectivity index (χ2v) is 4.54. The molecular weight excluding hydrogens is 299 g/mol. The van der Waals surface area contributed by atoms with Gasteiger partial charge in [0.05, 0.1) is 10.6 Å². The number of carbonyl (C=O) groups is 1. The van der Waals surface area contributed by atoms with Gasteiger partial charge in [0.2, 0.25) is 5.91 Å². The lowest BCUT2D eigenvalue weighted by Crippen LogP contribution is -2.20. The molecule has 0 aliphatic carbocycles. The number of nitro benzene ring substituents is 1. The van der Waals surface area contributed by atoms with Crippen LogP contribution in [0.3, 0.4) is 0 Å². The molecule has 1 amide bonds. The lowest BCUT2D eigenvalue weighted by atomic mass is 10.3. The molecule has 0 aromatic heterocycles. The third kappa shape index (κ3) is 3.18. The van der Waals surface area contributed by atoms with Crippen molar-refractivity contribution in [3.05, 3.63) is 32.8 Å². The highest BCUT2D eigenvalue weighted by atomic mass is 79.9. The van der Waals surface area contributed by atoms with E-state index in [2.05, 4.69) is 21.2 Å². The number of anilines is 1. The number of hydrogen-bond acceptors (Lipinski definition) is 3. The fourth-order valence-electron chi connectivity index (χ4n) is 0.951. The van der Waals surface area contributed by atoms with Crippen molar-refractivity contribution in [1.29, 1.82) is 0 Å². The normalized spacial score (nSPS) is 11.9. The molecule has 0 spiro atoms. The molecule has 0 heterocycles. The zero-order valence-electron chi connectivity index (χ0n) is 8.24. The minimum Gasteiger partial charge on any atom is -0.324 e. The van der Waals surface area contributed by atoms with Gasteiger partial charge in [-0.3, -0.25) is 14.9 Å². The summed E-state index contributed by atoms with van der Waals surface area (Å²) in [6.07, 6.45) is 0. The Labute approximate surface area is 105 Å². The van der Waals surface area contributed by atoms with E-state index in [0.29, 0.717) is 10.2 Å². The first-order valence-corrected chi connectivity index (χ1v) is 5.53. The van der Waals surface area contributed by atoms with Crippen LogP contribution in [0, 0.1) is 10.1 Å². The van der Waals surface area contributed by atoms with Crippen molar-refractivity contribution in [1.82, 2.24) is 0 Å². The van der Waals surface area contributed by atoms with Gasteiger partial charge in [0.1, 0.15) is 5.38 Å². The zero-order valence-corrected chi connectivity index (χ0v) is 10.6. The number of amides is 1. The predicted octanol–water partition coefficient (Wildman–Crippen LogP) is 2.92. The largest absolute Gasteiger partial charge is 0.324 e. The molecule has 86 valence electrons. The van der Waals surface area contributed by atoms with Crippen LogP contribution in [0.5, 0.6) is 0 Å². The average molecular weight is 308 g/mol. The van der Waals surface area contributed by atoms with Gasteiger partial charge in [-0.2, -0.15) is 0 Å². The van der Waals surface area contributed by atoms with Gasteiger partial charge >= 0.3 is 0 Å². The molecule has 0 saturated carbocycles. The molecular formula is C9H8BrClN2O3. The Morgan fingerprint density at radius 1 is 1.62 bits per heavy atom. The molecule has 0 aliphatic heterocycles. The van der Waals surface area contributed by atoms with Crippen LogP contribution >= 0.6 is 27.5 Å². The third-order valence-electron chi connectivity index (χ3n) is 1.78. The molecule has 5 nitrogen and oxygen atoms in total. The van der Waals surface area contributed by atoms with E-state index in [0.717, 1.165) is 0 Å². The lowest BCUT2D eigenvalue weighted by molar-refractivity contribution is -0.384. The Hall–Kier alpha value is -1.14. The summed E-state index contributed by atoms with van der Waals surface area (Å²) in [6, 6.07) is 4.06. The Kier molecular flexibility index (Phi) is 4.26. The van der Waals surface area contributed by atoms with Crippen molar-refractivity contribution in [2.24, 2.45) is 0 Å². The van der Waals surface area contributed by atoms with Crippen LogP contribution in [0.4, 0.5) is 11.4 Å². The van der Waals surface area contributed by atoms with Gasteiger partial charge in [-0.15, -0.1) is 11.6 Å². The van der Waals surface area contributed by atoms with Crippen molar-refractivity contribution in [2.45, 2.75) is 12.3 Å². The van der Waals surface area contributed by atoms with Gasteiger partial charge < -0.3 is 5.32 Å². The molecule has 7 heteroatoms. The van der Waals surface area contributed by atoms with Gasteiger partial charge in [-0.25, -0.2) is 0 Å². The molecule has 1 aromatic carbocycles. The number of carbonyl (C=O) groups excluding carboxylic acids is 1. The first-order valence-electron chi connectivity index (χ1n) is 4.30. The number of non-ortho nitro benzene ring substituents is 1. The fourth-order valence-corrected chi connectivity index (χ4v) is 1.47. The maximum absolute atomic E-state index is 11.3. The van der Waals surface area contributed by atoms with Crippen molar-refractivity contribution >= 4 is 44.8 Å². The molecule has 1 aromatic rings. The Morgan fingerprint density at radius 2 is 2.25 bits per heavy atom. The number of nitro groups is 1. The predicted molar refractivity (Wildman–Crippen MR) is 64.7 cm³/mol. The molecule has 0 aliphatic rings. The summed E-state index contributed by atoms with van der Waals surface area (Å²) in [4.78, 5) is 21.2. The maximum Gasteiger partial charge on any atom is 0.270 e. The Morgan fingerprint density at radius 3 is 2.69 bits per heavy atom. The minimum atomic E-state index is -0.665. The van der Waals surface area contributed by atoms with E-state index < -0.39 is 10.3 Å². The molecule has 1 N–H and O–H groups in total. The lowest BCUT2D eigenvalue weighted by Gasteiger charge is -2.07. The SMILES string of the molecule is CC(Cl)C(=O)Nc1ccc([N+](=O)[O-])cc1Br. The van der Waals surface area contributed by atoms with Crippen molar-refractivity contribution in [3.63, 3.8) is 0 Å². The Bertz CT molecular complexity index is 437. The van der Waals surface area contributed by atoms with E-state index in [1.165, 1.54) is 25.1 Å². The molecule has 1 rings (SSSR count). The number of halogens is 2. The standard InChI is InChI=1S/C9H8BrClN2O3/c1-5(11)9(14)12-8-3-2-6(13(15)16)4-7(8)10/h2-5H,1H3,(H,12,14). The van der Waals surface area contributed by atoms with Crippen LogP contribution < -0.4 is 5.32 Å². The van der Waals surface area contributed by atoms with E-state index in [-0.39, 0.29) is 11.6 Å². The van der Waals surface area contributed by atoms with E-state index in [1.54, 1.807) is 0 Å². The summed E-state index contributed by atoms with van der Waals surface area (Å²) in [7, 11) is 0. The second kappa shape index (κ2) is 5.27. The number of rotatable bonds is 3. The maximum atomic E-state index is 11.3. The van der Waals surface area contributed by atoms with Crippen LogP contribution in [0.25, 0.3) is 0 Å². The summed E-state index contributed by atoms with van der Waals surface area (Å²) < 4.78 is 0.437. The number of nitrogens with one attached hydrogen (secondary N) is 1. The van der Waals surface area contributed by atoms with E-state index in [1.807, 2.05) is 0 Å². The topological polar surface area (TPSA) is 72.2 Å². The molecule has 0 bridgehead atoms. The van der Waals surface area contributed by atoms with Crippen LogP contribution in [0.2, 0.25) is 0 Å². The van der Waals surface area contributed by atoms with Gasteiger partial charge in [-0.05, 0) is 28.9 Å². The highest BCUT2D eigenvalue weighted by molar-refractivity contribution is 9.10. The van der Waals surface area contributed by atoms with E-state index in [9.17, 15) is 14.9 Å². The number of hydrogen-bond donors (Lipinski definition) is 1. The monoisotopic (exact) mass is 306 g/mol.